The monoisotopic (exact) mass is 363 g/mol. The van der Waals surface area contributed by atoms with Crippen LogP contribution in [0, 0.1) is 18.3 Å². The number of aliphatic carboxylic acids is 1. The van der Waals surface area contributed by atoms with E-state index in [0.717, 1.165) is 0 Å². The second kappa shape index (κ2) is 5.74. The van der Waals surface area contributed by atoms with E-state index in [1.807, 2.05) is 6.07 Å². The molecule has 9 heteroatoms. The molecule has 0 fully saturated rings. The highest BCUT2D eigenvalue weighted by Crippen LogP contribution is 2.43. The molecular formula is C15H11Cl2N5O2. The third-order valence-corrected chi connectivity index (χ3v) is 4.36. The molecule has 24 heavy (non-hydrogen) atoms. The summed E-state index contributed by atoms with van der Waals surface area (Å²) in [4.78, 5) is 15.9. The lowest BCUT2D eigenvalue weighted by Gasteiger charge is -2.25. The Morgan fingerprint density at radius 2 is 2.21 bits per heavy atom. The van der Waals surface area contributed by atoms with E-state index in [-0.39, 0.29) is 11.3 Å². The van der Waals surface area contributed by atoms with Crippen molar-refractivity contribution in [3.8, 4) is 6.07 Å². The Morgan fingerprint density at radius 1 is 1.50 bits per heavy atom. The average molecular weight is 364 g/mol. The number of carboxylic acid groups (broad SMARTS) is 1. The number of nitrogen functional groups attached to an aromatic ring is 1. The molecule has 1 unspecified atom stereocenters. The molecule has 0 bridgehead atoms. The van der Waals surface area contributed by atoms with Crippen molar-refractivity contribution in [1.82, 2.24) is 9.66 Å². The summed E-state index contributed by atoms with van der Waals surface area (Å²) in [5.74, 6) is 4.65. The minimum atomic E-state index is -1.27. The van der Waals surface area contributed by atoms with Crippen molar-refractivity contribution in [3.05, 3.63) is 56.6 Å². The van der Waals surface area contributed by atoms with Crippen molar-refractivity contribution in [2.24, 2.45) is 0 Å². The minimum Gasteiger partial charge on any atom is -0.477 e. The number of benzene rings is 1. The second-order valence-corrected chi connectivity index (χ2v) is 6.04. The first-order valence-electron chi connectivity index (χ1n) is 6.79. The van der Waals surface area contributed by atoms with E-state index in [0.29, 0.717) is 32.9 Å². The number of nitrogens with two attached hydrogens (primary N) is 1. The third-order valence-electron chi connectivity index (χ3n) is 3.80. The van der Waals surface area contributed by atoms with Gasteiger partial charge in [0.05, 0.1) is 23.3 Å². The van der Waals surface area contributed by atoms with Gasteiger partial charge in [0.25, 0.3) is 0 Å². The Bertz CT molecular complexity index is 942. The van der Waals surface area contributed by atoms with Crippen LogP contribution in [0.1, 0.15) is 23.0 Å². The molecule has 1 aromatic carbocycles. The molecule has 0 saturated heterocycles. The fourth-order valence-electron chi connectivity index (χ4n) is 2.69. The van der Waals surface area contributed by atoms with Crippen LogP contribution >= 0.6 is 23.2 Å². The lowest BCUT2D eigenvalue weighted by Crippen LogP contribution is -2.26. The van der Waals surface area contributed by atoms with Crippen molar-refractivity contribution < 1.29 is 9.90 Å². The van der Waals surface area contributed by atoms with Gasteiger partial charge in [0.15, 0.2) is 5.82 Å². The van der Waals surface area contributed by atoms with Crippen LogP contribution < -0.4 is 11.2 Å². The molecule has 0 aliphatic carbocycles. The molecule has 7 nitrogen and oxygen atoms in total. The second-order valence-electron chi connectivity index (χ2n) is 5.19. The molecule has 2 aromatic rings. The summed E-state index contributed by atoms with van der Waals surface area (Å²) in [5.41, 5.74) is 0.697. The molecule has 0 radical (unpaired) electrons. The zero-order valence-corrected chi connectivity index (χ0v) is 13.9. The van der Waals surface area contributed by atoms with E-state index < -0.39 is 11.9 Å². The zero-order valence-electron chi connectivity index (χ0n) is 12.3. The van der Waals surface area contributed by atoms with Crippen LogP contribution in [0.3, 0.4) is 0 Å². The summed E-state index contributed by atoms with van der Waals surface area (Å²) in [7, 11) is 0. The Hall–Kier alpha value is -2.69. The molecule has 2 heterocycles. The van der Waals surface area contributed by atoms with Gasteiger partial charge in [-0.3, -0.25) is 0 Å². The first kappa shape index (κ1) is 16.2. The number of anilines is 1. The summed E-state index contributed by atoms with van der Waals surface area (Å²) in [6.07, 6.45) is 0. The summed E-state index contributed by atoms with van der Waals surface area (Å²) in [5, 5.41) is 22.4. The standard InChI is InChI=1S/C15H11Cl2N5O2/c1-6-20-13-11(8-3-2-7(16)4-10(8)17)9(5-18)12(15(23)24)21-14(13)22(6)19/h2-4,11,21H,19H2,1H3,(H,23,24). The maximum absolute atomic E-state index is 11.6. The highest BCUT2D eigenvalue weighted by Gasteiger charge is 2.37. The van der Waals surface area contributed by atoms with Gasteiger partial charge in [-0.25, -0.2) is 14.5 Å². The number of hydrogen-bond acceptors (Lipinski definition) is 5. The average Bonchev–Trinajstić information content (AvgIpc) is 2.81. The molecule has 1 aromatic heterocycles. The number of aryl methyl sites for hydroxylation is 1. The number of imidazole rings is 1. The number of halogens is 2. The molecule has 0 saturated carbocycles. The summed E-state index contributed by atoms with van der Waals surface area (Å²) < 4.78 is 1.24. The summed E-state index contributed by atoms with van der Waals surface area (Å²) in [6.45, 7) is 1.67. The van der Waals surface area contributed by atoms with Gasteiger partial charge < -0.3 is 16.3 Å². The lowest BCUT2D eigenvalue weighted by molar-refractivity contribution is -0.132. The number of aromatic nitrogens is 2. The number of rotatable bonds is 2. The number of nitrogens with one attached hydrogen (secondary N) is 1. The van der Waals surface area contributed by atoms with E-state index in [4.69, 9.17) is 29.0 Å². The van der Waals surface area contributed by atoms with Crippen LogP contribution in [-0.2, 0) is 4.79 Å². The Balaban J connectivity index is 2.33. The molecule has 4 N–H and O–H groups in total. The first-order chi connectivity index (χ1) is 11.3. The molecule has 1 aliphatic rings. The quantitative estimate of drug-likeness (QED) is 0.706. The normalized spacial score (nSPS) is 16.3. The Kier molecular flexibility index (Phi) is 3.87. The SMILES string of the molecule is Cc1nc2c(n1N)NC(C(=O)O)=C(C#N)C2c1ccc(Cl)cc1Cl. The maximum atomic E-state index is 11.6. The molecule has 0 amide bonds. The predicted octanol–water partition coefficient (Wildman–Crippen LogP) is 2.63. The number of nitriles is 1. The van der Waals surface area contributed by atoms with E-state index in [1.165, 1.54) is 10.7 Å². The number of allylic oxidation sites excluding steroid dienone is 1. The zero-order chi connectivity index (χ0) is 17.6. The summed E-state index contributed by atoms with van der Waals surface area (Å²) >= 11 is 12.2. The predicted molar refractivity (Wildman–Crippen MR) is 89.3 cm³/mol. The maximum Gasteiger partial charge on any atom is 0.353 e. The van der Waals surface area contributed by atoms with Crippen molar-refractivity contribution in [2.45, 2.75) is 12.8 Å². The molecule has 1 aliphatic heterocycles. The highest BCUT2D eigenvalue weighted by atomic mass is 35.5. The fourth-order valence-corrected chi connectivity index (χ4v) is 3.20. The van der Waals surface area contributed by atoms with Gasteiger partial charge in [0.1, 0.15) is 11.5 Å². The minimum absolute atomic E-state index is 0.00248. The van der Waals surface area contributed by atoms with Gasteiger partial charge in [-0.05, 0) is 24.6 Å². The first-order valence-corrected chi connectivity index (χ1v) is 7.54. The van der Waals surface area contributed by atoms with Gasteiger partial charge in [-0.2, -0.15) is 5.26 Å². The fraction of sp³-hybridized carbons (Fsp3) is 0.133. The number of carbonyl (C=O) groups is 1. The highest BCUT2D eigenvalue weighted by molar-refractivity contribution is 6.35. The molecule has 1 atom stereocenters. The Labute approximate surface area is 146 Å². The van der Waals surface area contributed by atoms with Crippen LogP contribution in [-0.4, -0.2) is 20.7 Å². The molecule has 3 rings (SSSR count). The van der Waals surface area contributed by atoms with Gasteiger partial charge in [-0.15, -0.1) is 0 Å². The van der Waals surface area contributed by atoms with Crippen LogP contribution in [0.5, 0.6) is 0 Å². The van der Waals surface area contributed by atoms with E-state index in [2.05, 4.69) is 10.3 Å². The summed E-state index contributed by atoms with van der Waals surface area (Å²) in [6, 6.07) is 6.74. The lowest BCUT2D eigenvalue weighted by atomic mass is 9.85. The van der Waals surface area contributed by atoms with E-state index >= 15 is 0 Å². The van der Waals surface area contributed by atoms with Crippen LogP contribution in [0.25, 0.3) is 0 Å². The van der Waals surface area contributed by atoms with Crippen LogP contribution in [0.4, 0.5) is 5.82 Å². The Morgan fingerprint density at radius 3 is 2.79 bits per heavy atom. The van der Waals surface area contributed by atoms with Crippen molar-refractivity contribution in [2.75, 3.05) is 11.2 Å². The smallest absolute Gasteiger partial charge is 0.353 e. The van der Waals surface area contributed by atoms with Crippen molar-refractivity contribution in [3.63, 3.8) is 0 Å². The topological polar surface area (TPSA) is 117 Å². The van der Waals surface area contributed by atoms with Crippen molar-refractivity contribution >= 4 is 35.0 Å². The van der Waals surface area contributed by atoms with Gasteiger partial charge >= 0.3 is 5.97 Å². The van der Waals surface area contributed by atoms with E-state index in [1.54, 1.807) is 19.1 Å². The van der Waals surface area contributed by atoms with Crippen molar-refractivity contribution in [1.29, 1.82) is 5.26 Å². The largest absolute Gasteiger partial charge is 0.477 e. The van der Waals surface area contributed by atoms with Gasteiger partial charge in [0.2, 0.25) is 0 Å². The number of fused-ring (bicyclic) bond motifs is 1. The van der Waals surface area contributed by atoms with Crippen LogP contribution in [0.2, 0.25) is 10.0 Å². The third kappa shape index (κ3) is 2.37. The number of nitrogens with zero attached hydrogens (tertiary/aromatic N) is 3. The van der Waals surface area contributed by atoms with Gasteiger partial charge in [0, 0.05) is 10.0 Å². The van der Waals surface area contributed by atoms with Crippen LogP contribution in [0.15, 0.2) is 29.5 Å². The number of hydrogen-bond donors (Lipinski definition) is 3. The van der Waals surface area contributed by atoms with E-state index in [9.17, 15) is 15.2 Å². The molecular weight excluding hydrogens is 353 g/mol. The molecule has 122 valence electrons. The number of carboxylic acids is 1. The van der Waals surface area contributed by atoms with Gasteiger partial charge in [-0.1, -0.05) is 29.3 Å². The molecule has 0 spiro atoms.